The number of pyridine rings is 1. The van der Waals surface area contributed by atoms with Crippen LogP contribution in [0.2, 0.25) is 5.02 Å². The van der Waals surface area contributed by atoms with Crippen LogP contribution in [0, 0.1) is 6.92 Å². The summed E-state index contributed by atoms with van der Waals surface area (Å²) in [7, 11) is 1.59. The van der Waals surface area contributed by atoms with Gasteiger partial charge in [-0.1, -0.05) is 23.7 Å². The van der Waals surface area contributed by atoms with Crippen molar-refractivity contribution in [3.63, 3.8) is 0 Å². The molecule has 0 fully saturated rings. The number of carbonyl (C=O) groups is 1. The van der Waals surface area contributed by atoms with Gasteiger partial charge in [0, 0.05) is 10.4 Å². The summed E-state index contributed by atoms with van der Waals surface area (Å²) in [5.74, 6) is 0.875. The molecule has 0 atom stereocenters. The third kappa shape index (κ3) is 3.80. The number of rotatable bonds is 6. The van der Waals surface area contributed by atoms with Crippen molar-refractivity contribution in [3.8, 4) is 11.6 Å². The lowest BCUT2D eigenvalue weighted by atomic mass is 10.1. The number of aryl methyl sites for hydroxylation is 1. The maximum atomic E-state index is 12.7. The fourth-order valence-electron chi connectivity index (χ4n) is 3.70. The molecule has 172 valence electrons. The third-order valence-electron chi connectivity index (χ3n) is 5.27. The van der Waals surface area contributed by atoms with E-state index < -0.39 is 5.97 Å². The quantitative estimate of drug-likeness (QED) is 0.322. The Morgan fingerprint density at radius 3 is 2.85 bits per heavy atom. The van der Waals surface area contributed by atoms with Gasteiger partial charge in [-0.15, -0.1) is 0 Å². The van der Waals surface area contributed by atoms with Crippen LogP contribution in [0.4, 0.5) is 11.8 Å². The van der Waals surface area contributed by atoms with Crippen LogP contribution in [-0.4, -0.2) is 39.4 Å². The number of aromatic nitrogens is 4. The second-order valence-electron chi connectivity index (χ2n) is 7.45. The summed E-state index contributed by atoms with van der Waals surface area (Å²) in [4.78, 5) is 21.9. The van der Waals surface area contributed by atoms with E-state index in [4.69, 9.17) is 30.5 Å². The maximum absolute atomic E-state index is 12.7. The number of esters is 1. The number of anilines is 2. The molecule has 0 aliphatic heterocycles. The van der Waals surface area contributed by atoms with E-state index in [1.54, 1.807) is 32.2 Å². The van der Waals surface area contributed by atoms with Gasteiger partial charge in [-0.3, -0.25) is 5.32 Å². The lowest BCUT2D eigenvalue weighted by molar-refractivity contribution is 0.0527. The first-order valence-corrected chi connectivity index (χ1v) is 10.9. The van der Waals surface area contributed by atoms with Crippen molar-refractivity contribution in [1.82, 2.24) is 19.7 Å². The molecular weight excluding hydrogens is 458 g/mol. The first-order chi connectivity index (χ1) is 16.5. The second-order valence-corrected chi connectivity index (χ2v) is 7.89. The molecule has 0 saturated carbocycles. The molecule has 3 aromatic heterocycles. The number of fused-ring (bicyclic) bond motifs is 2. The van der Waals surface area contributed by atoms with Crippen LogP contribution in [0.5, 0.6) is 5.75 Å². The van der Waals surface area contributed by atoms with Crippen molar-refractivity contribution in [2.75, 3.05) is 19.0 Å². The van der Waals surface area contributed by atoms with Crippen LogP contribution in [0.15, 0.2) is 53.1 Å². The van der Waals surface area contributed by atoms with Crippen molar-refractivity contribution in [2.24, 2.45) is 0 Å². The van der Waals surface area contributed by atoms with Gasteiger partial charge in [-0.25, -0.2) is 9.78 Å². The lowest BCUT2D eigenvalue weighted by Gasteiger charge is -2.12. The van der Waals surface area contributed by atoms with Gasteiger partial charge in [0.1, 0.15) is 22.3 Å². The van der Waals surface area contributed by atoms with Gasteiger partial charge in [0.15, 0.2) is 17.2 Å². The molecule has 0 bridgehead atoms. The van der Waals surface area contributed by atoms with Gasteiger partial charge >= 0.3 is 12.0 Å². The number of halogens is 1. The Bertz CT molecular complexity index is 1540. The molecule has 0 spiro atoms. The van der Waals surface area contributed by atoms with Gasteiger partial charge in [0.25, 0.3) is 0 Å². The number of carbonyl (C=O) groups excluding carboxylic acids is 1. The van der Waals surface area contributed by atoms with Crippen LogP contribution in [0.1, 0.15) is 22.8 Å². The van der Waals surface area contributed by atoms with Crippen LogP contribution < -0.4 is 10.1 Å². The summed E-state index contributed by atoms with van der Waals surface area (Å²) in [6.07, 6.45) is 1.42. The summed E-state index contributed by atoms with van der Waals surface area (Å²) in [5, 5.41) is 8.97. The number of hydrogen-bond acceptors (Lipinski definition) is 8. The molecule has 0 aliphatic carbocycles. The molecule has 2 aromatic carbocycles. The Morgan fingerprint density at radius 1 is 1.21 bits per heavy atom. The molecule has 0 unspecified atom stereocenters. The van der Waals surface area contributed by atoms with E-state index in [1.165, 1.54) is 10.9 Å². The standard InChI is InChI=1S/C24H20ClN5O4/c1-4-33-23(31)16-12-26-30(20-10-13(2)15-6-5-7-19(32-3)21(15)28-20)22(16)29-24-27-17-11-14(25)8-9-18(17)34-24/h5-12H,4H2,1-3H3,(H,27,29). The number of oxazole rings is 1. The Balaban J connectivity index is 1.66. The molecule has 1 N–H and O–H groups in total. The highest BCUT2D eigenvalue weighted by Crippen LogP contribution is 2.31. The van der Waals surface area contributed by atoms with Crippen LogP contribution >= 0.6 is 11.6 Å². The van der Waals surface area contributed by atoms with E-state index in [9.17, 15) is 4.79 Å². The van der Waals surface area contributed by atoms with E-state index >= 15 is 0 Å². The van der Waals surface area contributed by atoms with Crippen molar-refractivity contribution < 1.29 is 18.7 Å². The number of nitrogens with zero attached hydrogens (tertiary/aromatic N) is 4. The Labute approximate surface area is 199 Å². The largest absolute Gasteiger partial charge is 0.494 e. The smallest absolute Gasteiger partial charge is 0.343 e. The summed E-state index contributed by atoms with van der Waals surface area (Å²) < 4.78 is 18.0. The zero-order chi connectivity index (χ0) is 23.8. The molecule has 0 saturated heterocycles. The molecule has 5 aromatic rings. The SMILES string of the molecule is CCOC(=O)c1cnn(-c2cc(C)c3cccc(OC)c3n2)c1Nc1nc2cc(Cl)ccc2o1. The van der Waals surface area contributed by atoms with E-state index in [0.717, 1.165) is 10.9 Å². The Morgan fingerprint density at radius 2 is 2.06 bits per heavy atom. The predicted molar refractivity (Wildman–Crippen MR) is 128 cm³/mol. The van der Waals surface area contributed by atoms with Gasteiger partial charge in [0.05, 0.1) is 19.9 Å². The molecule has 10 heteroatoms. The maximum Gasteiger partial charge on any atom is 0.343 e. The van der Waals surface area contributed by atoms with Crippen molar-refractivity contribution in [2.45, 2.75) is 13.8 Å². The molecule has 0 amide bonds. The molecule has 3 heterocycles. The number of methoxy groups -OCH3 is 1. The van der Waals surface area contributed by atoms with E-state index in [-0.39, 0.29) is 18.2 Å². The number of hydrogen-bond donors (Lipinski definition) is 1. The first-order valence-electron chi connectivity index (χ1n) is 10.5. The van der Waals surface area contributed by atoms with Crippen molar-refractivity contribution in [3.05, 3.63) is 64.8 Å². The normalized spacial score (nSPS) is 11.2. The average molecular weight is 478 g/mol. The minimum absolute atomic E-state index is 0.166. The molecule has 34 heavy (non-hydrogen) atoms. The fourth-order valence-corrected chi connectivity index (χ4v) is 3.87. The third-order valence-corrected chi connectivity index (χ3v) is 5.51. The summed E-state index contributed by atoms with van der Waals surface area (Å²) >= 11 is 6.07. The van der Waals surface area contributed by atoms with Crippen LogP contribution in [0.25, 0.3) is 27.8 Å². The number of nitrogens with one attached hydrogen (secondary N) is 1. The summed E-state index contributed by atoms with van der Waals surface area (Å²) in [6.45, 7) is 3.93. The molecule has 0 radical (unpaired) electrons. The number of ether oxygens (including phenoxy) is 2. The lowest BCUT2D eigenvalue weighted by Crippen LogP contribution is -2.10. The fraction of sp³-hybridized carbons (Fsp3) is 0.167. The topological polar surface area (TPSA) is 104 Å². The molecule has 0 aliphatic rings. The second kappa shape index (κ2) is 8.68. The predicted octanol–water partition coefficient (Wildman–Crippen LogP) is 5.45. The van der Waals surface area contributed by atoms with E-state index in [0.29, 0.717) is 39.0 Å². The molecule has 5 rings (SSSR count). The highest BCUT2D eigenvalue weighted by molar-refractivity contribution is 6.31. The van der Waals surface area contributed by atoms with Crippen molar-refractivity contribution >= 4 is 51.4 Å². The Hall–Kier alpha value is -4.11. The van der Waals surface area contributed by atoms with Crippen LogP contribution in [0.3, 0.4) is 0 Å². The van der Waals surface area contributed by atoms with Crippen molar-refractivity contribution in [1.29, 1.82) is 0 Å². The van der Waals surface area contributed by atoms with Gasteiger partial charge in [0.2, 0.25) is 0 Å². The zero-order valence-electron chi connectivity index (χ0n) is 18.6. The average Bonchev–Trinajstić information content (AvgIpc) is 3.42. The minimum Gasteiger partial charge on any atom is -0.494 e. The monoisotopic (exact) mass is 477 g/mol. The van der Waals surface area contributed by atoms with E-state index in [2.05, 4.69) is 15.4 Å². The summed E-state index contributed by atoms with van der Waals surface area (Å²) in [5.41, 5.74) is 2.97. The zero-order valence-corrected chi connectivity index (χ0v) is 19.4. The van der Waals surface area contributed by atoms with Gasteiger partial charge < -0.3 is 13.9 Å². The van der Waals surface area contributed by atoms with E-state index in [1.807, 2.05) is 31.2 Å². The minimum atomic E-state index is -0.537. The molecular formula is C24H20ClN5O4. The Kier molecular flexibility index (Phi) is 5.54. The number of benzene rings is 2. The summed E-state index contributed by atoms with van der Waals surface area (Å²) in [6, 6.07) is 12.9. The highest BCUT2D eigenvalue weighted by atomic mass is 35.5. The van der Waals surface area contributed by atoms with Crippen LogP contribution in [-0.2, 0) is 4.74 Å². The van der Waals surface area contributed by atoms with Gasteiger partial charge in [-0.2, -0.15) is 14.8 Å². The number of para-hydroxylation sites is 1. The molecule has 9 nitrogen and oxygen atoms in total. The van der Waals surface area contributed by atoms with Gasteiger partial charge in [-0.05, 0) is 49.7 Å². The highest BCUT2D eigenvalue weighted by Gasteiger charge is 2.23. The first kappa shape index (κ1) is 21.7.